The smallest absolute Gasteiger partial charge is 0.306 e. The molecule has 0 unspecified atom stereocenters. The molecule has 0 fully saturated rings. The normalized spacial score (nSPS) is 11.6. The number of methoxy groups -OCH3 is 1. The van der Waals surface area contributed by atoms with Crippen molar-refractivity contribution in [1.29, 1.82) is 0 Å². The minimum Gasteiger partial charge on any atom is -0.497 e. The number of anilines is 1. The topological polar surface area (TPSA) is 124 Å². The summed E-state index contributed by atoms with van der Waals surface area (Å²) >= 11 is 0. The molecule has 0 amide bonds. The summed E-state index contributed by atoms with van der Waals surface area (Å²) in [7, 11) is -1.98. The first kappa shape index (κ1) is 23.5. The van der Waals surface area contributed by atoms with Crippen molar-refractivity contribution >= 4 is 21.8 Å². The maximum absolute atomic E-state index is 12.5. The van der Waals surface area contributed by atoms with Crippen LogP contribution in [0, 0.1) is 6.92 Å². The van der Waals surface area contributed by atoms with Crippen LogP contribution in [0.3, 0.4) is 0 Å². The van der Waals surface area contributed by atoms with Crippen LogP contribution in [0.4, 0.5) is 5.95 Å². The molecule has 3 aromatic heterocycles. The molecule has 36 heavy (non-hydrogen) atoms. The zero-order valence-corrected chi connectivity index (χ0v) is 20.5. The Kier molecular flexibility index (Phi) is 6.40. The fourth-order valence-electron chi connectivity index (χ4n) is 3.72. The number of aryl methyl sites for hydroxylation is 1. The molecule has 0 aliphatic carbocycles. The quantitative estimate of drug-likeness (QED) is 0.291. The first-order chi connectivity index (χ1) is 17.4. The molecular weight excluding hydrogens is 480 g/mol. The average molecular weight is 505 g/mol. The molecule has 0 saturated carbocycles. The van der Waals surface area contributed by atoms with Gasteiger partial charge in [0.25, 0.3) is 0 Å². The molecule has 184 valence electrons. The molecule has 10 nitrogen and oxygen atoms in total. The second-order valence-corrected chi connectivity index (χ2v) is 9.76. The average Bonchev–Trinajstić information content (AvgIpc) is 3.49. The molecule has 5 aromatic rings. The SMILES string of the molecule is COc1ccc(-c2nc3occn3c2-c2ccnc(NCCNS(=O)(=O)c3ccc(C)cc3)n2)cc1. The molecule has 2 aromatic carbocycles. The van der Waals surface area contributed by atoms with Crippen LogP contribution in [-0.4, -0.2) is 48.0 Å². The Labute approximate surface area is 208 Å². The van der Waals surface area contributed by atoms with Crippen molar-refractivity contribution in [3.63, 3.8) is 0 Å². The largest absolute Gasteiger partial charge is 0.497 e. The van der Waals surface area contributed by atoms with E-state index in [9.17, 15) is 8.42 Å². The summed E-state index contributed by atoms with van der Waals surface area (Å²) in [4.78, 5) is 13.8. The van der Waals surface area contributed by atoms with Crippen molar-refractivity contribution in [3.05, 3.63) is 78.8 Å². The zero-order chi connectivity index (χ0) is 25.1. The summed E-state index contributed by atoms with van der Waals surface area (Å²) in [5, 5.41) is 3.08. The van der Waals surface area contributed by atoms with E-state index in [4.69, 9.17) is 9.15 Å². The Balaban J connectivity index is 1.34. The van der Waals surface area contributed by atoms with Gasteiger partial charge in [-0.25, -0.2) is 23.1 Å². The lowest BCUT2D eigenvalue weighted by Crippen LogP contribution is -2.29. The van der Waals surface area contributed by atoms with Gasteiger partial charge >= 0.3 is 5.84 Å². The number of rotatable bonds is 9. The predicted molar refractivity (Wildman–Crippen MR) is 135 cm³/mol. The van der Waals surface area contributed by atoms with Gasteiger partial charge in [-0.1, -0.05) is 17.7 Å². The monoisotopic (exact) mass is 504 g/mol. The Bertz CT molecular complexity index is 1590. The van der Waals surface area contributed by atoms with Gasteiger partial charge in [-0.3, -0.25) is 4.40 Å². The number of ether oxygens (including phenoxy) is 1. The highest BCUT2D eigenvalue weighted by Gasteiger charge is 2.19. The van der Waals surface area contributed by atoms with Crippen LogP contribution in [0.5, 0.6) is 5.75 Å². The molecular formula is C25H24N6O4S. The van der Waals surface area contributed by atoms with Gasteiger partial charge in [0.05, 0.1) is 17.7 Å². The van der Waals surface area contributed by atoms with Crippen LogP contribution in [0.25, 0.3) is 28.5 Å². The Morgan fingerprint density at radius 2 is 1.78 bits per heavy atom. The van der Waals surface area contributed by atoms with E-state index in [0.717, 1.165) is 22.6 Å². The van der Waals surface area contributed by atoms with Gasteiger partial charge in [0.15, 0.2) is 0 Å². The third kappa shape index (κ3) is 4.79. The van der Waals surface area contributed by atoms with Crippen LogP contribution in [0.2, 0.25) is 0 Å². The minimum absolute atomic E-state index is 0.166. The molecule has 0 radical (unpaired) electrons. The van der Waals surface area contributed by atoms with E-state index in [1.807, 2.05) is 35.6 Å². The van der Waals surface area contributed by atoms with Crippen molar-refractivity contribution in [2.75, 3.05) is 25.5 Å². The highest BCUT2D eigenvalue weighted by Crippen LogP contribution is 2.33. The molecule has 0 atom stereocenters. The Hall–Kier alpha value is -4.22. The number of nitrogens with one attached hydrogen (secondary N) is 2. The molecule has 0 aliphatic rings. The highest BCUT2D eigenvalue weighted by atomic mass is 32.2. The fourth-order valence-corrected chi connectivity index (χ4v) is 4.75. The summed E-state index contributed by atoms with van der Waals surface area (Å²) in [6.07, 6.45) is 4.97. The van der Waals surface area contributed by atoms with Crippen molar-refractivity contribution in [1.82, 2.24) is 24.1 Å². The zero-order valence-electron chi connectivity index (χ0n) is 19.7. The third-order valence-electron chi connectivity index (χ3n) is 5.56. The van der Waals surface area contributed by atoms with Crippen LogP contribution in [0.15, 0.2) is 82.6 Å². The highest BCUT2D eigenvalue weighted by molar-refractivity contribution is 7.89. The van der Waals surface area contributed by atoms with E-state index in [1.165, 1.54) is 0 Å². The summed E-state index contributed by atoms with van der Waals surface area (Å²) in [5.74, 6) is 1.55. The minimum atomic E-state index is -3.60. The second-order valence-electron chi connectivity index (χ2n) is 8.00. The maximum Gasteiger partial charge on any atom is 0.306 e. The molecule has 3 heterocycles. The molecule has 5 rings (SSSR count). The van der Waals surface area contributed by atoms with Crippen molar-refractivity contribution in [2.45, 2.75) is 11.8 Å². The molecule has 2 N–H and O–H groups in total. The van der Waals surface area contributed by atoms with Crippen LogP contribution < -0.4 is 14.8 Å². The number of fused-ring (bicyclic) bond motifs is 1. The van der Waals surface area contributed by atoms with E-state index >= 15 is 0 Å². The Morgan fingerprint density at radius 3 is 2.53 bits per heavy atom. The van der Waals surface area contributed by atoms with Crippen molar-refractivity contribution in [2.24, 2.45) is 0 Å². The van der Waals surface area contributed by atoms with Gasteiger partial charge in [-0.05, 0) is 49.4 Å². The number of imidazole rings is 1. The first-order valence-corrected chi connectivity index (χ1v) is 12.7. The van der Waals surface area contributed by atoms with Gasteiger partial charge in [-0.15, -0.1) is 0 Å². The van der Waals surface area contributed by atoms with Crippen LogP contribution >= 0.6 is 0 Å². The van der Waals surface area contributed by atoms with Gasteiger partial charge in [0, 0.05) is 31.0 Å². The first-order valence-electron chi connectivity index (χ1n) is 11.2. The van der Waals surface area contributed by atoms with Gasteiger partial charge in [-0.2, -0.15) is 4.98 Å². The lowest BCUT2D eigenvalue weighted by Gasteiger charge is -2.09. The summed E-state index contributed by atoms with van der Waals surface area (Å²) in [6.45, 7) is 2.37. The summed E-state index contributed by atoms with van der Waals surface area (Å²) in [6, 6.07) is 16.1. The Morgan fingerprint density at radius 1 is 1.00 bits per heavy atom. The van der Waals surface area contributed by atoms with Gasteiger partial charge in [0.1, 0.15) is 23.4 Å². The number of nitrogens with zero attached hydrogens (tertiary/aromatic N) is 4. The van der Waals surface area contributed by atoms with E-state index in [1.54, 1.807) is 56.1 Å². The number of hydrogen-bond donors (Lipinski definition) is 2. The number of sulfonamides is 1. The van der Waals surface area contributed by atoms with E-state index in [0.29, 0.717) is 29.7 Å². The molecule has 0 spiro atoms. The predicted octanol–water partition coefficient (Wildman–Crippen LogP) is 3.76. The third-order valence-corrected chi connectivity index (χ3v) is 7.03. The van der Waals surface area contributed by atoms with E-state index in [-0.39, 0.29) is 11.4 Å². The molecule has 11 heteroatoms. The summed E-state index contributed by atoms with van der Waals surface area (Å²) < 4.78 is 40.1. The van der Waals surface area contributed by atoms with E-state index < -0.39 is 10.0 Å². The fraction of sp³-hybridized carbons (Fsp3) is 0.160. The maximum atomic E-state index is 12.5. The van der Waals surface area contributed by atoms with E-state index in [2.05, 4.69) is 25.0 Å². The van der Waals surface area contributed by atoms with Crippen molar-refractivity contribution in [3.8, 4) is 28.4 Å². The lowest BCUT2D eigenvalue weighted by atomic mass is 10.1. The van der Waals surface area contributed by atoms with Gasteiger partial charge in [0.2, 0.25) is 16.0 Å². The lowest BCUT2D eigenvalue weighted by molar-refractivity contribution is 0.415. The van der Waals surface area contributed by atoms with Gasteiger partial charge < -0.3 is 14.5 Å². The number of benzene rings is 2. The second kappa shape index (κ2) is 9.80. The number of oxazole rings is 1. The standard InChI is InChI=1S/C25H24N6O4S/c1-17-3-9-20(10-4-17)36(32,33)28-14-13-27-24-26-12-11-21(29-24)23-22(30-25-31(23)15-16-35-25)18-5-7-19(34-2)8-6-18/h3-12,15-16,28H,13-14H2,1-2H3,(H,26,27,29). The number of aromatic nitrogens is 4. The van der Waals surface area contributed by atoms with Crippen LogP contribution in [0.1, 0.15) is 5.56 Å². The van der Waals surface area contributed by atoms with Crippen LogP contribution in [-0.2, 0) is 10.0 Å². The summed E-state index contributed by atoms with van der Waals surface area (Å²) in [5.41, 5.74) is 3.95. The van der Waals surface area contributed by atoms with Crippen molar-refractivity contribution < 1.29 is 17.6 Å². The molecule has 0 aliphatic heterocycles. The molecule has 0 bridgehead atoms. The number of hydrogen-bond acceptors (Lipinski definition) is 8. The molecule has 0 saturated heterocycles.